The summed E-state index contributed by atoms with van der Waals surface area (Å²) in [5.74, 6) is 1.57. The van der Waals surface area contributed by atoms with Gasteiger partial charge in [0.1, 0.15) is 6.33 Å². The molecule has 2 aromatic heterocycles. The lowest BCUT2D eigenvalue weighted by Gasteiger charge is -2.34. The average molecular weight is 295 g/mol. The van der Waals surface area contributed by atoms with Crippen LogP contribution in [-0.2, 0) is 6.54 Å². The van der Waals surface area contributed by atoms with Crippen molar-refractivity contribution in [1.29, 1.82) is 0 Å². The van der Waals surface area contributed by atoms with Crippen LogP contribution in [0.1, 0.15) is 12.0 Å². The van der Waals surface area contributed by atoms with Crippen LogP contribution in [0, 0.1) is 11.8 Å². The van der Waals surface area contributed by atoms with Crippen LogP contribution in [0.25, 0.3) is 0 Å². The number of fused-ring (bicyclic) bond motifs is 1. The Balaban J connectivity index is 1.39. The first-order valence-corrected chi connectivity index (χ1v) is 8.00. The molecule has 2 fully saturated rings. The second-order valence-corrected chi connectivity index (χ2v) is 6.40. The predicted molar refractivity (Wildman–Crippen MR) is 85.4 cm³/mol. The van der Waals surface area contributed by atoms with E-state index in [2.05, 4.69) is 36.9 Å². The van der Waals surface area contributed by atoms with E-state index in [1.807, 2.05) is 24.8 Å². The molecule has 0 aliphatic carbocycles. The monoisotopic (exact) mass is 295 g/mol. The Hall–Kier alpha value is -2.01. The van der Waals surface area contributed by atoms with Crippen molar-refractivity contribution in [3.63, 3.8) is 0 Å². The fraction of sp³-hybridized carbons (Fsp3) is 0.471. The first-order chi connectivity index (χ1) is 10.9. The molecule has 2 aromatic rings. The molecule has 4 rings (SSSR count). The molecule has 0 radical (unpaired) electrons. The molecule has 2 saturated heterocycles. The number of piperidine rings is 1. The summed E-state index contributed by atoms with van der Waals surface area (Å²) in [7, 11) is 0. The maximum absolute atomic E-state index is 4.15. The second-order valence-electron chi connectivity index (χ2n) is 6.40. The van der Waals surface area contributed by atoms with E-state index in [0.29, 0.717) is 0 Å². The summed E-state index contributed by atoms with van der Waals surface area (Å²) in [5.41, 5.74) is 2.53. The standard InChI is InChI=1S/C17H21N5/c1-4-18-5-2-14(1)9-21-6-3-15-11-22(12-16(15)10-21)17-7-19-13-20-8-17/h1-2,4-5,7-8,13,15-16H,3,6,9-12H2/t15-,16+/m1/s1. The number of aromatic nitrogens is 3. The number of rotatable bonds is 3. The molecule has 4 heterocycles. The fourth-order valence-corrected chi connectivity index (χ4v) is 3.80. The highest BCUT2D eigenvalue weighted by Crippen LogP contribution is 2.33. The summed E-state index contributed by atoms with van der Waals surface area (Å²) in [6, 6.07) is 4.24. The van der Waals surface area contributed by atoms with E-state index in [4.69, 9.17) is 0 Å². The number of likely N-dealkylation sites (tertiary alicyclic amines) is 1. The van der Waals surface area contributed by atoms with Crippen LogP contribution in [-0.4, -0.2) is 46.0 Å². The third-order valence-corrected chi connectivity index (χ3v) is 4.95. The Morgan fingerprint density at radius 3 is 2.55 bits per heavy atom. The molecule has 0 bridgehead atoms. The lowest BCUT2D eigenvalue weighted by molar-refractivity contribution is 0.142. The minimum absolute atomic E-state index is 0.760. The van der Waals surface area contributed by atoms with Gasteiger partial charge in [-0.2, -0.15) is 0 Å². The molecule has 0 N–H and O–H groups in total. The van der Waals surface area contributed by atoms with Crippen molar-refractivity contribution in [3.8, 4) is 0 Å². The molecule has 0 spiro atoms. The SMILES string of the molecule is c1cc(CN2CC[C@@H]3CN(c4cncnc4)C[C@@H]3C2)ccn1. The molecule has 0 amide bonds. The van der Waals surface area contributed by atoms with Crippen LogP contribution >= 0.6 is 0 Å². The van der Waals surface area contributed by atoms with Gasteiger partial charge in [-0.25, -0.2) is 9.97 Å². The van der Waals surface area contributed by atoms with Crippen LogP contribution in [0.2, 0.25) is 0 Å². The van der Waals surface area contributed by atoms with Crippen molar-refractivity contribution < 1.29 is 0 Å². The summed E-state index contributed by atoms with van der Waals surface area (Å²) >= 11 is 0. The second kappa shape index (κ2) is 6.01. The van der Waals surface area contributed by atoms with Crippen molar-refractivity contribution in [2.75, 3.05) is 31.1 Å². The number of hydrogen-bond acceptors (Lipinski definition) is 5. The molecular formula is C17H21N5. The van der Waals surface area contributed by atoms with Gasteiger partial charge in [0.25, 0.3) is 0 Å². The van der Waals surface area contributed by atoms with Crippen LogP contribution in [0.15, 0.2) is 43.2 Å². The molecule has 2 aliphatic rings. The van der Waals surface area contributed by atoms with Gasteiger partial charge in [-0.1, -0.05) is 0 Å². The van der Waals surface area contributed by atoms with Crippen molar-refractivity contribution >= 4 is 5.69 Å². The highest BCUT2D eigenvalue weighted by molar-refractivity contribution is 5.43. The molecule has 0 saturated carbocycles. The van der Waals surface area contributed by atoms with Crippen molar-refractivity contribution in [2.45, 2.75) is 13.0 Å². The average Bonchev–Trinajstić information content (AvgIpc) is 3.00. The van der Waals surface area contributed by atoms with Crippen LogP contribution in [0.4, 0.5) is 5.69 Å². The van der Waals surface area contributed by atoms with Gasteiger partial charge in [0.15, 0.2) is 0 Å². The number of pyridine rings is 1. The first-order valence-electron chi connectivity index (χ1n) is 8.00. The normalized spacial score (nSPS) is 25.2. The van der Waals surface area contributed by atoms with E-state index >= 15 is 0 Å². The van der Waals surface area contributed by atoms with Gasteiger partial charge < -0.3 is 4.90 Å². The van der Waals surface area contributed by atoms with Gasteiger partial charge in [0.05, 0.1) is 18.1 Å². The largest absolute Gasteiger partial charge is 0.368 e. The Labute approximate surface area is 131 Å². The fourth-order valence-electron chi connectivity index (χ4n) is 3.80. The highest BCUT2D eigenvalue weighted by atomic mass is 15.2. The Bertz CT molecular complexity index is 603. The smallest absolute Gasteiger partial charge is 0.115 e. The van der Waals surface area contributed by atoms with E-state index < -0.39 is 0 Å². The van der Waals surface area contributed by atoms with E-state index in [0.717, 1.165) is 37.2 Å². The Kier molecular flexibility index (Phi) is 3.72. The minimum Gasteiger partial charge on any atom is -0.368 e. The Morgan fingerprint density at radius 1 is 0.955 bits per heavy atom. The maximum atomic E-state index is 4.15. The number of nitrogens with zero attached hydrogens (tertiary/aromatic N) is 5. The van der Waals surface area contributed by atoms with Gasteiger partial charge >= 0.3 is 0 Å². The van der Waals surface area contributed by atoms with Gasteiger partial charge in [0, 0.05) is 38.6 Å². The lowest BCUT2D eigenvalue weighted by atomic mass is 9.88. The van der Waals surface area contributed by atoms with Gasteiger partial charge in [-0.05, 0) is 42.5 Å². The summed E-state index contributed by atoms with van der Waals surface area (Å²) < 4.78 is 0. The summed E-state index contributed by atoms with van der Waals surface area (Å²) in [4.78, 5) is 17.4. The molecule has 0 unspecified atom stereocenters. The molecule has 0 aromatic carbocycles. The third kappa shape index (κ3) is 2.81. The van der Waals surface area contributed by atoms with E-state index in [1.54, 1.807) is 6.33 Å². The molecule has 2 aliphatic heterocycles. The highest BCUT2D eigenvalue weighted by Gasteiger charge is 2.37. The van der Waals surface area contributed by atoms with Gasteiger partial charge in [0.2, 0.25) is 0 Å². The van der Waals surface area contributed by atoms with Crippen molar-refractivity contribution in [2.24, 2.45) is 11.8 Å². The predicted octanol–water partition coefficient (Wildman–Crippen LogP) is 1.83. The number of anilines is 1. The zero-order valence-electron chi connectivity index (χ0n) is 12.7. The van der Waals surface area contributed by atoms with E-state index in [9.17, 15) is 0 Å². The lowest BCUT2D eigenvalue weighted by Crippen LogP contribution is -2.39. The van der Waals surface area contributed by atoms with Crippen LogP contribution < -0.4 is 4.90 Å². The first kappa shape index (κ1) is 13.6. The maximum Gasteiger partial charge on any atom is 0.115 e. The third-order valence-electron chi connectivity index (χ3n) is 4.95. The molecule has 5 nitrogen and oxygen atoms in total. The summed E-state index contributed by atoms with van der Waals surface area (Å²) in [6.45, 7) is 5.71. The molecular weight excluding hydrogens is 274 g/mol. The number of hydrogen-bond donors (Lipinski definition) is 0. The van der Waals surface area contributed by atoms with Gasteiger partial charge in [-0.15, -0.1) is 0 Å². The topological polar surface area (TPSA) is 45.2 Å². The van der Waals surface area contributed by atoms with E-state index in [-0.39, 0.29) is 0 Å². The quantitative estimate of drug-likeness (QED) is 0.864. The zero-order chi connectivity index (χ0) is 14.8. The Morgan fingerprint density at radius 2 is 1.73 bits per heavy atom. The van der Waals surface area contributed by atoms with Crippen molar-refractivity contribution in [1.82, 2.24) is 19.9 Å². The molecule has 114 valence electrons. The molecule has 2 atom stereocenters. The van der Waals surface area contributed by atoms with Crippen LogP contribution in [0.3, 0.4) is 0 Å². The molecule has 5 heteroatoms. The van der Waals surface area contributed by atoms with E-state index in [1.165, 1.54) is 25.1 Å². The summed E-state index contributed by atoms with van der Waals surface area (Å²) in [5, 5.41) is 0. The molecule has 22 heavy (non-hydrogen) atoms. The van der Waals surface area contributed by atoms with Crippen molar-refractivity contribution in [3.05, 3.63) is 48.8 Å². The minimum atomic E-state index is 0.760. The van der Waals surface area contributed by atoms with Gasteiger partial charge in [-0.3, -0.25) is 9.88 Å². The summed E-state index contributed by atoms with van der Waals surface area (Å²) in [6.07, 6.45) is 10.5. The zero-order valence-corrected chi connectivity index (χ0v) is 12.7. The van der Waals surface area contributed by atoms with Crippen LogP contribution in [0.5, 0.6) is 0 Å².